The van der Waals surface area contributed by atoms with Crippen LogP contribution in [-0.4, -0.2) is 11.2 Å². The van der Waals surface area contributed by atoms with Gasteiger partial charge in [0, 0.05) is 11.4 Å². The van der Waals surface area contributed by atoms with E-state index in [4.69, 9.17) is 16.7 Å². The molecule has 1 atom stereocenters. The highest BCUT2D eigenvalue weighted by Crippen LogP contribution is 2.35. The van der Waals surface area contributed by atoms with E-state index < -0.39 is 17.8 Å². The quantitative estimate of drug-likeness (QED) is 0.838. The van der Waals surface area contributed by atoms with Gasteiger partial charge in [0.1, 0.15) is 0 Å². The maximum Gasteiger partial charge on any atom is 0.416 e. The molecule has 5 heteroatoms. The zero-order valence-electron chi connectivity index (χ0n) is 7.98. The summed E-state index contributed by atoms with van der Waals surface area (Å²) in [6, 6.07) is 3.59. The highest BCUT2D eigenvalue weighted by molar-refractivity contribution is 6.31. The van der Waals surface area contributed by atoms with Crippen LogP contribution in [0.5, 0.6) is 0 Å². The number of hydrogen-bond acceptors (Lipinski definition) is 1. The minimum absolute atomic E-state index is 0.0331. The van der Waals surface area contributed by atoms with Crippen molar-refractivity contribution in [1.29, 1.82) is 0 Å². The molecular formula is C10H10ClF3O. The maximum atomic E-state index is 12.5. The smallest absolute Gasteiger partial charge is 0.393 e. The Morgan fingerprint density at radius 2 is 2.00 bits per heavy atom. The molecule has 0 radical (unpaired) electrons. The molecule has 0 aromatic heterocycles. The average Bonchev–Trinajstić information content (AvgIpc) is 2.05. The van der Waals surface area contributed by atoms with Gasteiger partial charge in [-0.1, -0.05) is 17.7 Å². The molecule has 1 aromatic carbocycles. The molecule has 0 aliphatic heterocycles. The van der Waals surface area contributed by atoms with Gasteiger partial charge in [0.2, 0.25) is 0 Å². The van der Waals surface area contributed by atoms with Crippen molar-refractivity contribution in [1.82, 2.24) is 0 Å². The third-order valence-electron chi connectivity index (χ3n) is 1.92. The Kier molecular flexibility index (Phi) is 3.62. The second-order valence-electron chi connectivity index (χ2n) is 3.32. The Hall–Kier alpha value is -0.740. The predicted molar refractivity (Wildman–Crippen MR) is 51.8 cm³/mol. The van der Waals surface area contributed by atoms with Crippen molar-refractivity contribution < 1.29 is 18.3 Å². The first-order chi connectivity index (χ1) is 6.82. The van der Waals surface area contributed by atoms with Gasteiger partial charge in [0.15, 0.2) is 0 Å². The monoisotopic (exact) mass is 238 g/mol. The molecular weight excluding hydrogens is 229 g/mol. The molecule has 0 amide bonds. The number of rotatable bonds is 2. The van der Waals surface area contributed by atoms with Crippen molar-refractivity contribution in [3.8, 4) is 0 Å². The lowest BCUT2D eigenvalue weighted by molar-refractivity contribution is -0.138. The summed E-state index contributed by atoms with van der Waals surface area (Å²) in [4.78, 5) is 0. The van der Waals surface area contributed by atoms with Crippen LogP contribution in [0.15, 0.2) is 18.2 Å². The van der Waals surface area contributed by atoms with Gasteiger partial charge in [-0.3, -0.25) is 0 Å². The van der Waals surface area contributed by atoms with E-state index in [9.17, 15) is 13.2 Å². The van der Waals surface area contributed by atoms with Gasteiger partial charge in [0.25, 0.3) is 0 Å². The van der Waals surface area contributed by atoms with Gasteiger partial charge in [-0.15, -0.1) is 0 Å². The molecule has 0 spiro atoms. The van der Waals surface area contributed by atoms with Crippen LogP contribution in [-0.2, 0) is 12.6 Å². The standard InChI is InChI=1S/C10H10ClF3O/c1-6(15)5-7-8(10(12,13)14)3-2-4-9(7)11/h2-4,6,15H,5H2,1H3. The largest absolute Gasteiger partial charge is 0.416 e. The van der Waals surface area contributed by atoms with Crippen LogP contribution in [0.1, 0.15) is 18.1 Å². The maximum absolute atomic E-state index is 12.5. The molecule has 0 aliphatic carbocycles. The Bertz CT molecular complexity index is 347. The van der Waals surface area contributed by atoms with E-state index in [1.165, 1.54) is 19.1 Å². The summed E-state index contributed by atoms with van der Waals surface area (Å²) >= 11 is 5.67. The van der Waals surface area contributed by atoms with Crippen LogP contribution in [0.2, 0.25) is 5.02 Å². The molecule has 0 aliphatic rings. The summed E-state index contributed by atoms with van der Waals surface area (Å²) in [5, 5.41) is 9.13. The Morgan fingerprint density at radius 3 is 2.47 bits per heavy atom. The average molecular weight is 239 g/mol. The number of alkyl halides is 3. The summed E-state index contributed by atoms with van der Waals surface area (Å²) in [7, 11) is 0. The Balaban J connectivity index is 3.21. The van der Waals surface area contributed by atoms with Crippen LogP contribution in [0.25, 0.3) is 0 Å². The molecule has 1 nitrogen and oxygen atoms in total. The lowest BCUT2D eigenvalue weighted by atomic mass is 10.0. The Labute approximate surface area is 90.5 Å². The van der Waals surface area contributed by atoms with E-state index in [1.54, 1.807) is 0 Å². The molecule has 0 fully saturated rings. The number of hydrogen-bond donors (Lipinski definition) is 1. The fraction of sp³-hybridized carbons (Fsp3) is 0.400. The number of aliphatic hydroxyl groups is 1. The van der Waals surface area contributed by atoms with Gasteiger partial charge in [-0.2, -0.15) is 13.2 Å². The van der Waals surface area contributed by atoms with Crippen molar-refractivity contribution in [3.05, 3.63) is 34.3 Å². The molecule has 15 heavy (non-hydrogen) atoms. The molecule has 0 saturated heterocycles. The van der Waals surface area contributed by atoms with Gasteiger partial charge in [-0.25, -0.2) is 0 Å². The van der Waals surface area contributed by atoms with Gasteiger partial charge < -0.3 is 5.11 Å². The van der Waals surface area contributed by atoms with Gasteiger partial charge in [-0.05, 0) is 24.6 Å². The van der Waals surface area contributed by atoms with Crippen LogP contribution >= 0.6 is 11.6 Å². The summed E-state index contributed by atoms with van der Waals surface area (Å²) in [5.74, 6) is 0. The van der Waals surface area contributed by atoms with Crippen molar-refractivity contribution in [2.24, 2.45) is 0 Å². The van der Waals surface area contributed by atoms with Gasteiger partial charge >= 0.3 is 6.18 Å². The third-order valence-corrected chi connectivity index (χ3v) is 2.28. The highest BCUT2D eigenvalue weighted by Gasteiger charge is 2.34. The van der Waals surface area contributed by atoms with E-state index >= 15 is 0 Å². The minimum atomic E-state index is -4.44. The number of benzene rings is 1. The summed E-state index contributed by atoms with van der Waals surface area (Å²) in [6.45, 7) is 1.42. The van der Waals surface area contributed by atoms with E-state index in [0.29, 0.717) is 0 Å². The molecule has 1 rings (SSSR count). The van der Waals surface area contributed by atoms with E-state index in [-0.39, 0.29) is 17.0 Å². The molecule has 0 heterocycles. The fourth-order valence-electron chi connectivity index (χ4n) is 1.33. The van der Waals surface area contributed by atoms with Crippen molar-refractivity contribution in [2.45, 2.75) is 25.6 Å². The Morgan fingerprint density at radius 1 is 1.40 bits per heavy atom. The van der Waals surface area contributed by atoms with Crippen LogP contribution < -0.4 is 0 Å². The SMILES string of the molecule is CC(O)Cc1c(Cl)cccc1C(F)(F)F. The van der Waals surface area contributed by atoms with Crippen molar-refractivity contribution in [2.75, 3.05) is 0 Å². The zero-order chi connectivity index (χ0) is 11.6. The summed E-state index contributed by atoms with van der Waals surface area (Å²) < 4.78 is 37.6. The predicted octanol–water partition coefficient (Wildman–Crippen LogP) is 3.28. The van der Waals surface area contributed by atoms with Crippen molar-refractivity contribution >= 4 is 11.6 Å². The molecule has 1 aromatic rings. The minimum Gasteiger partial charge on any atom is -0.393 e. The van der Waals surface area contributed by atoms with Crippen molar-refractivity contribution in [3.63, 3.8) is 0 Å². The van der Waals surface area contributed by atoms with Gasteiger partial charge in [0.05, 0.1) is 11.7 Å². The molecule has 0 bridgehead atoms. The lowest BCUT2D eigenvalue weighted by Crippen LogP contribution is -2.13. The summed E-state index contributed by atoms with van der Waals surface area (Å²) in [6.07, 6.45) is -5.39. The highest BCUT2D eigenvalue weighted by atomic mass is 35.5. The lowest BCUT2D eigenvalue weighted by Gasteiger charge is -2.15. The molecule has 1 unspecified atom stereocenters. The topological polar surface area (TPSA) is 20.2 Å². The first-order valence-corrected chi connectivity index (χ1v) is 4.73. The summed E-state index contributed by atoms with van der Waals surface area (Å²) in [5.41, 5.74) is -0.836. The van der Waals surface area contributed by atoms with Crippen LogP contribution in [0, 0.1) is 0 Å². The molecule has 0 saturated carbocycles. The first-order valence-electron chi connectivity index (χ1n) is 4.35. The second-order valence-corrected chi connectivity index (χ2v) is 3.72. The molecule has 84 valence electrons. The zero-order valence-corrected chi connectivity index (χ0v) is 8.73. The number of halogens is 4. The van der Waals surface area contributed by atoms with E-state index in [0.717, 1.165) is 6.07 Å². The number of aliphatic hydroxyl groups excluding tert-OH is 1. The molecule has 1 N–H and O–H groups in total. The first kappa shape index (κ1) is 12.3. The normalized spacial score (nSPS) is 14.0. The van der Waals surface area contributed by atoms with Crippen LogP contribution in [0.4, 0.5) is 13.2 Å². The van der Waals surface area contributed by atoms with E-state index in [2.05, 4.69) is 0 Å². The van der Waals surface area contributed by atoms with E-state index in [1.807, 2.05) is 0 Å². The fourth-order valence-corrected chi connectivity index (χ4v) is 1.58. The second kappa shape index (κ2) is 4.41. The van der Waals surface area contributed by atoms with Crippen LogP contribution in [0.3, 0.4) is 0 Å². The third kappa shape index (κ3) is 3.11.